The Hall–Kier alpha value is -4.00. The summed E-state index contributed by atoms with van der Waals surface area (Å²) in [5, 5.41) is 15.7. The monoisotopic (exact) mass is 656 g/mol. The van der Waals surface area contributed by atoms with E-state index in [1.165, 1.54) is 4.90 Å². The van der Waals surface area contributed by atoms with Gasteiger partial charge in [-0.25, -0.2) is 0 Å². The molecule has 3 aliphatic heterocycles. The van der Waals surface area contributed by atoms with Crippen LogP contribution >= 0.6 is 11.6 Å². The summed E-state index contributed by atoms with van der Waals surface area (Å²) < 4.78 is 0. The minimum absolute atomic E-state index is 0.00863. The summed E-state index contributed by atoms with van der Waals surface area (Å²) in [6, 6.07) is 3.19. The van der Waals surface area contributed by atoms with E-state index in [2.05, 4.69) is 26.4 Å². The van der Waals surface area contributed by atoms with Crippen LogP contribution in [0, 0.1) is 5.92 Å². The SMILES string of the molecule is CCC[C@H](NC(=O)[C@@H]1C[C@]2(CC(c3cccc(Cl)c3)=NO2)CN1C(=O)[C@@H](NC(=O)C1CCC(=O)N1)C(C)C)C(=O)C(=O)NC1CC1. The topological polar surface area (TPSA) is 175 Å². The molecule has 1 saturated carbocycles. The van der Waals surface area contributed by atoms with E-state index in [1.54, 1.807) is 32.0 Å². The molecule has 3 heterocycles. The molecule has 0 bridgehead atoms. The number of nitrogens with zero attached hydrogens (tertiary/aromatic N) is 2. The van der Waals surface area contributed by atoms with Gasteiger partial charge in [0.05, 0.1) is 18.3 Å². The van der Waals surface area contributed by atoms with E-state index in [4.69, 9.17) is 16.4 Å². The van der Waals surface area contributed by atoms with Crippen molar-refractivity contribution in [3.05, 3.63) is 34.9 Å². The molecule has 4 N–H and O–H groups in total. The van der Waals surface area contributed by atoms with E-state index in [1.807, 2.05) is 13.0 Å². The maximum absolute atomic E-state index is 14.2. The fourth-order valence-corrected chi connectivity index (χ4v) is 6.37. The second kappa shape index (κ2) is 13.8. The van der Waals surface area contributed by atoms with Gasteiger partial charge in [-0.15, -0.1) is 0 Å². The van der Waals surface area contributed by atoms with Crippen molar-refractivity contribution in [2.24, 2.45) is 11.1 Å². The van der Waals surface area contributed by atoms with E-state index in [-0.39, 0.29) is 50.1 Å². The molecule has 5 rings (SSSR count). The van der Waals surface area contributed by atoms with Crippen LogP contribution in [0.4, 0.5) is 0 Å². The third-order valence-electron chi connectivity index (χ3n) is 8.87. The van der Waals surface area contributed by atoms with Crippen LogP contribution in [0.3, 0.4) is 0 Å². The first-order valence-electron chi connectivity index (χ1n) is 16.0. The van der Waals surface area contributed by atoms with Crippen molar-refractivity contribution < 1.29 is 33.6 Å². The Bertz CT molecular complexity index is 1450. The highest BCUT2D eigenvalue weighted by Gasteiger charge is 2.55. The third kappa shape index (κ3) is 7.51. The predicted molar refractivity (Wildman–Crippen MR) is 167 cm³/mol. The van der Waals surface area contributed by atoms with Gasteiger partial charge in [0, 0.05) is 35.9 Å². The molecule has 5 amide bonds. The molecule has 46 heavy (non-hydrogen) atoms. The van der Waals surface area contributed by atoms with Gasteiger partial charge in [-0.3, -0.25) is 28.8 Å². The highest BCUT2D eigenvalue weighted by Crippen LogP contribution is 2.39. The molecule has 3 fully saturated rings. The van der Waals surface area contributed by atoms with Crippen LogP contribution in [0.5, 0.6) is 0 Å². The lowest BCUT2D eigenvalue weighted by molar-refractivity contribution is -0.144. The molecule has 1 spiro atoms. The van der Waals surface area contributed by atoms with Crippen LogP contribution < -0.4 is 21.3 Å². The zero-order valence-corrected chi connectivity index (χ0v) is 27.0. The molecule has 1 unspecified atom stereocenters. The highest BCUT2D eigenvalue weighted by atomic mass is 35.5. The van der Waals surface area contributed by atoms with Crippen LogP contribution in [-0.2, 0) is 33.6 Å². The van der Waals surface area contributed by atoms with E-state index in [0.717, 1.165) is 18.4 Å². The number of halogens is 1. The first-order valence-corrected chi connectivity index (χ1v) is 16.3. The van der Waals surface area contributed by atoms with Crippen molar-refractivity contribution in [2.75, 3.05) is 6.54 Å². The maximum Gasteiger partial charge on any atom is 0.289 e. The van der Waals surface area contributed by atoms with Gasteiger partial charge < -0.3 is 31.0 Å². The van der Waals surface area contributed by atoms with Crippen molar-refractivity contribution in [1.29, 1.82) is 0 Å². The van der Waals surface area contributed by atoms with Crippen LogP contribution in [0.25, 0.3) is 0 Å². The van der Waals surface area contributed by atoms with Crippen molar-refractivity contribution in [1.82, 2.24) is 26.2 Å². The summed E-state index contributed by atoms with van der Waals surface area (Å²) in [6.07, 6.45) is 3.29. The van der Waals surface area contributed by atoms with Gasteiger partial charge in [-0.1, -0.05) is 56.1 Å². The predicted octanol–water partition coefficient (Wildman–Crippen LogP) is 1.36. The average molecular weight is 657 g/mol. The Morgan fingerprint density at radius 3 is 2.52 bits per heavy atom. The lowest BCUT2D eigenvalue weighted by atomic mass is 9.91. The Labute approximate surface area is 272 Å². The number of nitrogens with one attached hydrogen (secondary N) is 4. The maximum atomic E-state index is 14.2. The van der Waals surface area contributed by atoms with Crippen molar-refractivity contribution in [3.8, 4) is 0 Å². The van der Waals surface area contributed by atoms with Gasteiger partial charge in [0.2, 0.25) is 29.4 Å². The van der Waals surface area contributed by atoms with Crippen LogP contribution in [0.2, 0.25) is 5.02 Å². The highest BCUT2D eigenvalue weighted by molar-refractivity contribution is 6.38. The van der Waals surface area contributed by atoms with Crippen molar-refractivity contribution in [3.63, 3.8) is 0 Å². The largest absolute Gasteiger partial charge is 0.387 e. The molecule has 4 aliphatic rings. The Morgan fingerprint density at radius 2 is 1.89 bits per heavy atom. The summed E-state index contributed by atoms with van der Waals surface area (Å²) in [5.74, 6) is -3.66. The third-order valence-corrected chi connectivity index (χ3v) is 9.11. The van der Waals surface area contributed by atoms with E-state index >= 15 is 0 Å². The number of carbonyl (C=O) groups excluding carboxylic acids is 6. The fourth-order valence-electron chi connectivity index (χ4n) is 6.18. The molecule has 1 aromatic rings. The Kier molecular flexibility index (Phi) is 9.99. The molecule has 1 aromatic carbocycles. The molecular formula is C32H41ClN6O7. The lowest BCUT2D eigenvalue weighted by Crippen LogP contribution is -2.58. The number of rotatable bonds is 12. The summed E-state index contributed by atoms with van der Waals surface area (Å²) >= 11 is 6.20. The molecule has 5 atom stereocenters. The van der Waals surface area contributed by atoms with E-state index < -0.39 is 59.2 Å². The minimum Gasteiger partial charge on any atom is -0.387 e. The van der Waals surface area contributed by atoms with Crippen molar-refractivity contribution in [2.45, 2.75) is 108 Å². The summed E-state index contributed by atoms with van der Waals surface area (Å²) in [6.45, 7) is 5.39. The quantitative estimate of drug-likeness (QED) is 0.246. The second-order valence-electron chi connectivity index (χ2n) is 13.0. The molecule has 0 aromatic heterocycles. The average Bonchev–Trinajstić information content (AvgIpc) is 3.39. The van der Waals surface area contributed by atoms with Crippen LogP contribution in [0.15, 0.2) is 29.4 Å². The molecule has 1 aliphatic carbocycles. The number of Topliss-reactive ketones (excluding diaryl/α,β-unsaturated/α-hetero) is 1. The number of ketones is 1. The second-order valence-corrected chi connectivity index (χ2v) is 13.5. The normalized spacial score (nSPS) is 25.0. The summed E-state index contributed by atoms with van der Waals surface area (Å²) in [7, 11) is 0. The van der Waals surface area contributed by atoms with E-state index in [9.17, 15) is 28.8 Å². The molecule has 14 heteroatoms. The molecule has 2 saturated heterocycles. The number of benzene rings is 1. The molecular weight excluding hydrogens is 616 g/mol. The van der Waals surface area contributed by atoms with Crippen molar-refractivity contribution >= 4 is 52.6 Å². The lowest BCUT2D eigenvalue weighted by Gasteiger charge is -2.31. The number of likely N-dealkylation sites (tertiary alicyclic amines) is 1. The number of hydrogen-bond acceptors (Lipinski definition) is 8. The van der Waals surface area contributed by atoms with Crippen LogP contribution in [-0.4, -0.2) is 88.3 Å². The zero-order chi connectivity index (χ0) is 33.2. The van der Waals surface area contributed by atoms with Gasteiger partial charge in [0.1, 0.15) is 18.1 Å². The minimum atomic E-state index is -1.08. The van der Waals surface area contributed by atoms with Gasteiger partial charge in [0.15, 0.2) is 5.60 Å². The van der Waals surface area contributed by atoms with Crippen LogP contribution in [0.1, 0.15) is 77.7 Å². The van der Waals surface area contributed by atoms with Gasteiger partial charge in [0.25, 0.3) is 5.91 Å². The Balaban J connectivity index is 1.38. The first kappa shape index (κ1) is 33.4. The number of oxime groups is 1. The number of hydrogen-bond donors (Lipinski definition) is 4. The fraction of sp³-hybridized carbons (Fsp3) is 0.594. The standard InChI is InChI=1S/C32H41ClN6O7/c1-4-6-21(27(41)30(44)34-20-9-10-20)36-29(43)24-15-32(14-23(38-46-32)18-7-5-8-19(33)13-18)16-39(24)31(45)26(17(2)3)37-28(42)22-11-12-25(40)35-22/h5,7-8,13,17,20-22,24,26H,4,6,9-12,14-16H2,1-3H3,(H,34,44)(H,35,40)(H,36,43)(H,37,42)/t21-,22?,24-,26-,32+/m0/s1. The molecule has 248 valence electrons. The van der Waals surface area contributed by atoms with Gasteiger partial charge in [-0.2, -0.15) is 0 Å². The van der Waals surface area contributed by atoms with Gasteiger partial charge in [-0.05, 0) is 43.7 Å². The smallest absolute Gasteiger partial charge is 0.289 e. The first-order chi connectivity index (χ1) is 21.9. The number of amides is 5. The molecule has 13 nitrogen and oxygen atoms in total. The Morgan fingerprint density at radius 1 is 1.13 bits per heavy atom. The summed E-state index contributed by atoms with van der Waals surface area (Å²) in [5.41, 5.74) is 0.308. The molecule has 0 radical (unpaired) electrons. The number of carbonyl (C=O) groups is 6. The zero-order valence-electron chi connectivity index (χ0n) is 26.3. The summed E-state index contributed by atoms with van der Waals surface area (Å²) in [4.78, 5) is 86.0. The van der Waals surface area contributed by atoms with Gasteiger partial charge >= 0.3 is 0 Å². The van der Waals surface area contributed by atoms with E-state index in [0.29, 0.717) is 23.6 Å².